The van der Waals surface area contributed by atoms with Crippen LogP contribution in [0.5, 0.6) is 0 Å². The van der Waals surface area contributed by atoms with E-state index in [-0.39, 0.29) is 5.91 Å². The number of carbonyl (C=O) groups excluding carboxylic acids is 1. The second kappa shape index (κ2) is 5.93. The molecule has 2 atom stereocenters. The smallest absolute Gasteiger partial charge is 0.255 e. The fraction of sp³-hybridized carbons (Fsp3) is 0.533. The zero-order valence-corrected chi connectivity index (χ0v) is 15.1. The van der Waals surface area contributed by atoms with Gasteiger partial charge in [0, 0.05) is 33.2 Å². The van der Waals surface area contributed by atoms with E-state index < -0.39 is 0 Å². The lowest BCUT2D eigenvalue weighted by molar-refractivity contribution is 0.0680. The fourth-order valence-electron chi connectivity index (χ4n) is 3.36. The summed E-state index contributed by atoms with van der Waals surface area (Å²) in [6, 6.07) is 7.49. The third kappa shape index (κ3) is 2.90. The fourth-order valence-corrected chi connectivity index (χ4v) is 4.27. The molecule has 0 saturated carbocycles. The highest BCUT2D eigenvalue weighted by atomic mass is 127. The summed E-state index contributed by atoms with van der Waals surface area (Å²) in [5, 5.41) is 3.63. The number of carbonyl (C=O) groups is 1. The van der Waals surface area contributed by atoms with Gasteiger partial charge in [-0.05, 0) is 82.4 Å². The summed E-state index contributed by atoms with van der Waals surface area (Å²) in [6.07, 6.45) is 4.69. The first kappa shape index (κ1) is 14.8. The van der Waals surface area contributed by atoms with Crippen molar-refractivity contribution in [2.45, 2.75) is 43.8 Å². The molecule has 0 radical (unpaired) electrons. The van der Waals surface area contributed by atoms with E-state index in [1.165, 1.54) is 12.8 Å². The van der Waals surface area contributed by atoms with Crippen molar-refractivity contribution in [1.82, 2.24) is 10.2 Å². The Hall–Kier alpha value is -0.140. The van der Waals surface area contributed by atoms with E-state index in [1.807, 2.05) is 30.1 Å². The van der Waals surface area contributed by atoms with E-state index in [1.54, 1.807) is 0 Å². The monoisotopic (exact) mass is 448 g/mol. The lowest BCUT2D eigenvalue weighted by Crippen LogP contribution is -2.48. The number of hydrogen-bond acceptors (Lipinski definition) is 2. The molecule has 108 valence electrons. The van der Waals surface area contributed by atoms with E-state index in [4.69, 9.17) is 0 Å². The van der Waals surface area contributed by atoms with Crippen LogP contribution in [-0.2, 0) is 0 Å². The number of nitrogens with one attached hydrogen (secondary N) is 1. The molecule has 2 saturated heterocycles. The molecule has 1 aromatic carbocycles. The van der Waals surface area contributed by atoms with Crippen LogP contribution in [0.4, 0.5) is 0 Å². The first-order chi connectivity index (χ1) is 9.54. The Labute approximate surface area is 141 Å². The van der Waals surface area contributed by atoms with Crippen molar-refractivity contribution < 1.29 is 4.79 Å². The second-order valence-corrected chi connectivity index (χ2v) is 7.90. The first-order valence-corrected chi connectivity index (χ1v) is 8.90. The molecular weight excluding hydrogens is 431 g/mol. The van der Waals surface area contributed by atoms with Crippen LogP contribution in [0.3, 0.4) is 0 Å². The molecule has 20 heavy (non-hydrogen) atoms. The lowest BCUT2D eigenvalue weighted by Gasteiger charge is -2.35. The molecule has 1 N–H and O–H groups in total. The molecule has 2 fully saturated rings. The molecule has 0 spiro atoms. The highest BCUT2D eigenvalue weighted by Gasteiger charge is 2.36. The van der Waals surface area contributed by atoms with Gasteiger partial charge in [-0.2, -0.15) is 0 Å². The van der Waals surface area contributed by atoms with E-state index in [2.05, 4.69) is 43.8 Å². The molecule has 3 rings (SSSR count). The minimum atomic E-state index is 0.127. The van der Waals surface area contributed by atoms with Crippen molar-refractivity contribution in [2.24, 2.45) is 0 Å². The Morgan fingerprint density at radius 1 is 1.35 bits per heavy atom. The molecule has 1 amide bonds. The van der Waals surface area contributed by atoms with Gasteiger partial charge in [-0.15, -0.1) is 0 Å². The van der Waals surface area contributed by atoms with Gasteiger partial charge in [-0.25, -0.2) is 0 Å². The topological polar surface area (TPSA) is 32.3 Å². The van der Waals surface area contributed by atoms with Crippen LogP contribution < -0.4 is 5.32 Å². The Morgan fingerprint density at radius 2 is 2.00 bits per heavy atom. The summed E-state index contributed by atoms with van der Waals surface area (Å²) in [7, 11) is 1.95. The normalized spacial score (nSPS) is 28.4. The van der Waals surface area contributed by atoms with E-state index in [0.29, 0.717) is 18.1 Å². The molecule has 0 aromatic heterocycles. The number of halogens is 2. The van der Waals surface area contributed by atoms with Crippen LogP contribution in [0, 0.1) is 3.57 Å². The molecule has 5 heteroatoms. The molecule has 2 bridgehead atoms. The van der Waals surface area contributed by atoms with E-state index in [0.717, 1.165) is 26.4 Å². The van der Waals surface area contributed by atoms with Crippen LogP contribution in [0.2, 0.25) is 0 Å². The highest BCUT2D eigenvalue weighted by Crippen LogP contribution is 2.30. The number of fused-ring (bicyclic) bond motifs is 2. The summed E-state index contributed by atoms with van der Waals surface area (Å²) >= 11 is 5.74. The summed E-state index contributed by atoms with van der Waals surface area (Å²) in [4.78, 5) is 14.7. The third-order valence-corrected chi connectivity index (χ3v) is 5.84. The lowest BCUT2D eigenvalue weighted by atomic mass is 9.98. The predicted molar refractivity (Wildman–Crippen MR) is 91.9 cm³/mol. The summed E-state index contributed by atoms with van der Waals surface area (Å²) in [6.45, 7) is 0. The molecule has 2 aliphatic heterocycles. The Kier molecular flexibility index (Phi) is 4.38. The zero-order valence-electron chi connectivity index (χ0n) is 11.4. The number of nitrogens with zero attached hydrogens (tertiary/aromatic N) is 1. The Morgan fingerprint density at radius 3 is 2.65 bits per heavy atom. The van der Waals surface area contributed by atoms with Crippen molar-refractivity contribution in [1.29, 1.82) is 0 Å². The van der Waals surface area contributed by atoms with E-state index >= 15 is 0 Å². The minimum Gasteiger partial charge on any atom is -0.339 e. The zero-order chi connectivity index (χ0) is 14.3. The standard InChI is InChI=1S/C15H18BrIN2O/c1-19(12-7-10-3-4-11(8-12)18-10)15(20)13-6-9(17)2-5-14(13)16/h2,5-6,10-12,18H,3-4,7-8H2,1H3. The molecule has 2 heterocycles. The maximum atomic E-state index is 12.7. The van der Waals surface area contributed by atoms with Crippen LogP contribution in [0.25, 0.3) is 0 Å². The van der Waals surface area contributed by atoms with Gasteiger partial charge in [0.2, 0.25) is 0 Å². The minimum absolute atomic E-state index is 0.127. The van der Waals surface area contributed by atoms with Gasteiger partial charge in [-0.1, -0.05) is 0 Å². The summed E-state index contributed by atoms with van der Waals surface area (Å²) in [5.74, 6) is 0.127. The van der Waals surface area contributed by atoms with Crippen LogP contribution in [0.15, 0.2) is 22.7 Å². The number of hydrogen-bond donors (Lipinski definition) is 1. The SMILES string of the molecule is CN(C(=O)c1cc(I)ccc1Br)C1CC2CCC(C1)N2. The summed E-state index contributed by atoms with van der Waals surface area (Å²) < 4.78 is 1.97. The number of benzene rings is 1. The number of piperidine rings is 1. The van der Waals surface area contributed by atoms with Gasteiger partial charge in [0.15, 0.2) is 0 Å². The Bertz CT molecular complexity index is 525. The van der Waals surface area contributed by atoms with Crippen molar-refractivity contribution in [3.8, 4) is 0 Å². The third-order valence-electron chi connectivity index (χ3n) is 4.48. The van der Waals surface area contributed by atoms with Gasteiger partial charge in [0.05, 0.1) is 5.56 Å². The molecular formula is C15H18BrIN2O. The predicted octanol–water partition coefficient (Wildman–Crippen LogP) is 3.41. The van der Waals surface area contributed by atoms with Gasteiger partial charge in [-0.3, -0.25) is 4.79 Å². The second-order valence-electron chi connectivity index (χ2n) is 5.80. The molecule has 2 unspecified atom stereocenters. The van der Waals surface area contributed by atoms with Gasteiger partial charge in [0.25, 0.3) is 5.91 Å². The van der Waals surface area contributed by atoms with Crippen molar-refractivity contribution >= 4 is 44.4 Å². The number of amides is 1. The summed E-state index contributed by atoms with van der Waals surface area (Å²) in [5.41, 5.74) is 0.769. The maximum Gasteiger partial charge on any atom is 0.255 e. The average molecular weight is 449 g/mol. The molecule has 2 aliphatic rings. The van der Waals surface area contributed by atoms with Crippen molar-refractivity contribution in [3.05, 3.63) is 31.8 Å². The molecule has 0 aliphatic carbocycles. The molecule has 3 nitrogen and oxygen atoms in total. The van der Waals surface area contributed by atoms with Gasteiger partial charge < -0.3 is 10.2 Å². The molecule has 1 aromatic rings. The average Bonchev–Trinajstić information content (AvgIpc) is 2.78. The Balaban J connectivity index is 1.78. The van der Waals surface area contributed by atoms with Crippen LogP contribution in [0.1, 0.15) is 36.0 Å². The van der Waals surface area contributed by atoms with Crippen LogP contribution >= 0.6 is 38.5 Å². The largest absolute Gasteiger partial charge is 0.339 e. The number of rotatable bonds is 2. The van der Waals surface area contributed by atoms with Crippen molar-refractivity contribution in [2.75, 3.05) is 7.05 Å². The first-order valence-electron chi connectivity index (χ1n) is 7.03. The van der Waals surface area contributed by atoms with Crippen molar-refractivity contribution in [3.63, 3.8) is 0 Å². The van der Waals surface area contributed by atoms with Gasteiger partial charge >= 0.3 is 0 Å². The quantitative estimate of drug-likeness (QED) is 0.703. The van der Waals surface area contributed by atoms with E-state index in [9.17, 15) is 4.79 Å². The highest BCUT2D eigenvalue weighted by molar-refractivity contribution is 14.1. The van der Waals surface area contributed by atoms with Crippen LogP contribution in [-0.4, -0.2) is 36.0 Å². The maximum absolute atomic E-state index is 12.7. The van der Waals surface area contributed by atoms with Gasteiger partial charge in [0.1, 0.15) is 0 Å².